The van der Waals surface area contributed by atoms with Crippen molar-refractivity contribution in [2.45, 2.75) is 81.8 Å². The minimum atomic E-state index is -1.74. The highest BCUT2D eigenvalue weighted by atomic mass is 35.6. The fraction of sp³-hybridized carbons (Fsp3) is 0.515. The maximum Gasteiger partial charge on any atom is 0.325 e. The normalized spacial score (nSPS) is 17.4. The first-order valence-electron chi connectivity index (χ1n) is 15.1. The molecule has 0 unspecified atom stereocenters. The standard InChI is InChI=1S/C33H42Cl3N3O6/c1-20(2)28(18-27(41)15-12-23-10-13-24(14-11-23)26-8-5-7-25(17-26)22(4)40)30(42)37-21(3)31(43)39-16-6-9-29(38-39)32(44)45-19-33(34,35)36/h5,7-8,10-11,13-14,17,20-22,28-29,38,40H,6,9,12,15-16,18-19H2,1-4H3,(H,37,42)/t21-,22+,28-,29-/m0/s1. The number of alkyl halides is 3. The molecule has 1 aliphatic rings. The first-order chi connectivity index (χ1) is 21.1. The molecule has 4 atom stereocenters. The van der Waals surface area contributed by atoms with Crippen molar-refractivity contribution in [3.8, 4) is 11.1 Å². The van der Waals surface area contributed by atoms with Crippen molar-refractivity contribution in [1.82, 2.24) is 15.8 Å². The van der Waals surface area contributed by atoms with E-state index in [1.165, 1.54) is 5.01 Å². The van der Waals surface area contributed by atoms with Crippen LogP contribution in [0, 0.1) is 11.8 Å². The molecule has 1 aliphatic heterocycles. The van der Waals surface area contributed by atoms with Gasteiger partial charge in [-0.3, -0.25) is 24.2 Å². The summed E-state index contributed by atoms with van der Waals surface area (Å²) in [5.41, 5.74) is 6.72. The van der Waals surface area contributed by atoms with E-state index in [-0.39, 0.29) is 30.4 Å². The molecule has 0 radical (unpaired) electrons. The number of aliphatic hydroxyl groups excluding tert-OH is 1. The van der Waals surface area contributed by atoms with Gasteiger partial charge in [-0.05, 0) is 67.3 Å². The topological polar surface area (TPSA) is 125 Å². The van der Waals surface area contributed by atoms with E-state index < -0.39 is 46.4 Å². The molecule has 0 bridgehead atoms. The zero-order valence-corrected chi connectivity index (χ0v) is 28.3. The molecule has 0 saturated carbocycles. The molecule has 3 N–H and O–H groups in total. The van der Waals surface area contributed by atoms with Gasteiger partial charge in [-0.1, -0.05) is 91.1 Å². The smallest absolute Gasteiger partial charge is 0.325 e. The van der Waals surface area contributed by atoms with Gasteiger partial charge in [-0.25, -0.2) is 5.43 Å². The fourth-order valence-electron chi connectivity index (χ4n) is 5.09. The van der Waals surface area contributed by atoms with Gasteiger partial charge < -0.3 is 15.2 Å². The molecular weight excluding hydrogens is 641 g/mol. The lowest BCUT2D eigenvalue weighted by molar-refractivity contribution is -0.153. The molecule has 1 saturated heterocycles. The molecule has 9 nitrogen and oxygen atoms in total. The number of carbonyl (C=O) groups is 4. The number of hydrogen-bond acceptors (Lipinski definition) is 7. The molecule has 2 aromatic carbocycles. The van der Waals surface area contributed by atoms with E-state index in [1.807, 2.05) is 62.4 Å². The first-order valence-corrected chi connectivity index (χ1v) is 16.3. The Balaban J connectivity index is 1.50. The first kappa shape index (κ1) is 36.8. The number of nitrogens with zero attached hydrogens (tertiary/aromatic N) is 1. The zero-order valence-electron chi connectivity index (χ0n) is 26.0. The number of aliphatic hydroxyl groups is 1. The third-order valence-electron chi connectivity index (χ3n) is 7.78. The number of nitrogens with one attached hydrogen (secondary N) is 2. The fourth-order valence-corrected chi connectivity index (χ4v) is 5.25. The maximum absolute atomic E-state index is 13.2. The molecule has 1 fully saturated rings. The van der Waals surface area contributed by atoms with Crippen LogP contribution in [0.4, 0.5) is 0 Å². The molecule has 0 spiro atoms. The molecule has 1 heterocycles. The summed E-state index contributed by atoms with van der Waals surface area (Å²) in [5, 5.41) is 13.9. The second-order valence-electron chi connectivity index (χ2n) is 11.9. The highest BCUT2D eigenvalue weighted by Gasteiger charge is 2.34. The maximum atomic E-state index is 13.2. The van der Waals surface area contributed by atoms with Crippen LogP contribution in [0.2, 0.25) is 0 Å². The largest absolute Gasteiger partial charge is 0.460 e. The van der Waals surface area contributed by atoms with Crippen LogP contribution >= 0.6 is 34.8 Å². The van der Waals surface area contributed by atoms with Crippen LogP contribution in [-0.2, 0) is 30.3 Å². The summed E-state index contributed by atoms with van der Waals surface area (Å²) >= 11 is 16.9. The zero-order chi connectivity index (χ0) is 33.3. The number of amides is 2. The van der Waals surface area contributed by atoms with E-state index in [2.05, 4.69) is 10.7 Å². The van der Waals surface area contributed by atoms with E-state index in [1.54, 1.807) is 13.8 Å². The average molecular weight is 683 g/mol. The van der Waals surface area contributed by atoms with Crippen LogP contribution in [0.5, 0.6) is 0 Å². The number of halogens is 3. The highest BCUT2D eigenvalue weighted by molar-refractivity contribution is 6.67. The van der Waals surface area contributed by atoms with Gasteiger partial charge in [-0.15, -0.1) is 0 Å². The number of carbonyl (C=O) groups excluding carboxylic acids is 4. The Labute approximate surface area is 279 Å². The summed E-state index contributed by atoms with van der Waals surface area (Å²) in [5.74, 6) is -2.21. The number of Topliss-reactive ketones (excluding diaryl/α,β-unsaturated/α-hetero) is 1. The second-order valence-corrected chi connectivity index (χ2v) is 14.4. The van der Waals surface area contributed by atoms with Crippen molar-refractivity contribution in [2.75, 3.05) is 13.2 Å². The van der Waals surface area contributed by atoms with Crippen molar-refractivity contribution in [1.29, 1.82) is 0 Å². The summed E-state index contributed by atoms with van der Waals surface area (Å²) in [4.78, 5) is 51.6. The summed E-state index contributed by atoms with van der Waals surface area (Å²) in [6.45, 7) is 6.96. The Kier molecular flexibility index (Phi) is 13.7. The molecular formula is C33H42Cl3N3O6. The van der Waals surface area contributed by atoms with E-state index in [0.717, 1.165) is 22.3 Å². The third-order valence-corrected chi connectivity index (χ3v) is 8.11. The quantitative estimate of drug-likeness (QED) is 0.189. The van der Waals surface area contributed by atoms with Crippen molar-refractivity contribution < 1.29 is 29.0 Å². The van der Waals surface area contributed by atoms with Crippen LogP contribution in [0.25, 0.3) is 11.1 Å². The Morgan fingerprint density at radius 1 is 1.04 bits per heavy atom. The summed E-state index contributed by atoms with van der Waals surface area (Å²) in [6.07, 6.45) is 1.32. The number of esters is 1. The van der Waals surface area contributed by atoms with E-state index >= 15 is 0 Å². The molecule has 2 amide bonds. The van der Waals surface area contributed by atoms with Crippen molar-refractivity contribution in [3.05, 3.63) is 59.7 Å². The van der Waals surface area contributed by atoms with Crippen molar-refractivity contribution in [2.24, 2.45) is 11.8 Å². The third kappa shape index (κ3) is 11.6. The summed E-state index contributed by atoms with van der Waals surface area (Å²) < 4.78 is 3.29. The lowest BCUT2D eigenvalue weighted by atomic mass is 9.88. The number of rotatable bonds is 13. The number of aryl methyl sites for hydroxylation is 1. The highest BCUT2D eigenvalue weighted by Crippen LogP contribution is 2.27. The molecule has 45 heavy (non-hydrogen) atoms. The van der Waals surface area contributed by atoms with Crippen molar-refractivity contribution >= 4 is 58.4 Å². The Morgan fingerprint density at radius 3 is 2.36 bits per heavy atom. The van der Waals surface area contributed by atoms with E-state index in [0.29, 0.717) is 25.8 Å². The van der Waals surface area contributed by atoms with Crippen LogP contribution in [0.15, 0.2) is 48.5 Å². The Morgan fingerprint density at radius 2 is 1.73 bits per heavy atom. The van der Waals surface area contributed by atoms with Gasteiger partial charge in [0.15, 0.2) is 0 Å². The Bertz CT molecular complexity index is 1330. The summed E-state index contributed by atoms with van der Waals surface area (Å²) in [7, 11) is 0. The SMILES string of the molecule is CC(C)[C@H](CC(=O)CCc1ccc(-c2cccc([C@@H](C)O)c2)cc1)C(=O)N[C@@H](C)C(=O)N1CCC[C@@H](C(=O)OCC(Cl)(Cl)Cl)N1. The van der Waals surface area contributed by atoms with Gasteiger partial charge in [0.05, 0.1) is 6.10 Å². The predicted octanol–water partition coefficient (Wildman–Crippen LogP) is 5.48. The number of ether oxygens (including phenoxy) is 1. The minimum absolute atomic E-state index is 0.0366. The molecule has 3 rings (SSSR count). The number of hydrogen-bond donors (Lipinski definition) is 3. The van der Waals surface area contributed by atoms with Crippen LogP contribution in [0.1, 0.15) is 70.6 Å². The molecule has 12 heteroatoms. The lowest BCUT2D eigenvalue weighted by Crippen LogP contribution is -2.59. The van der Waals surface area contributed by atoms with Crippen LogP contribution in [-0.4, -0.2) is 62.7 Å². The number of benzene rings is 2. The Hall–Kier alpha value is -2.69. The second kappa shape index (κ2) is 16.7. The molecule has 2 aromatic rings. The minimum Gasteiger partial charge on any atom is -0.460 e. The van der Waals surface area contributed by atoms with Gasteiger partial charge >= 0.3 is 5.97 Å². The number of hydrazine groups is 1. The van der Waals surface area contributed by atoms with Crippen LogP contribution in [0.3, 0.4) is 0 Å². The van der Waals surface area contributed by atoms with Crippen molar-refractivity contribution in [3.63, 3.8) is 0 Å². The monoisotopic (exact) mass is 681 g/mol. The lowest BCUT2D eigenvalue weighted by Gasteiger charge is -2.34. The molecule has 246 valence electrons. The summed E-state index contributed by atoms with van der Waals surface area (Å²) in [6, 6.07) is 14.0. The van der Waals surface area contributed by atoms with E-state index in [4.69, 9.17) is 39.5 Å². The predicted molar refractivity (Wildman–Crippen MR) is 176 cm³/mol. The average Bonchev–Trinajstić information content (AvgIpc) is 3.00. The van der Waals surface area contributed by atoms with Gasteiger partial charge in [0, 0.05) is 25.3 Å². The molecule has 0 aliphatic carbocycles. The van der Waals surface area contributed by atoms with Gasteiger partial charge in [-0.2, -0.15) is 0 Å². The van der Waals surface area contributed by atoms with Gasteiger partial charge in [0.2, 0.25) is 9.70 Å². The number of ketones is 1. The van der Waals surface area contributed by atoms with Crippen LogP contribution < -0.4 is 10.7 Å². The van der Waals surface area contributed by atoms with Gasteiger partial charge in [0.25, 0.3) is 5.91 Å². The van der Waals surface area contributed by atoms with Gasteiger partial charge in [0.1, 0.15) is 24.5 Å². The van der Waals surface area contributed by atoms with E-state index in [9.17, 15) is 24.3 Å². The molecule has 0 aromatic heterocycles.